The van der Waals surface area contributed by atoms with E-state index in [1.807, 2.05) is 70.7 Å². The lowest BCUT2D eigenvalue weighted by atomic mass is 9.86. The molecule has 0 saturated carbocycles. The second-order valence-electron chi connectivity index (χ2n) is 17.3. The fraction of sp³-hybridized carbons (Fsp3) is 0.636. The van der Waals surface area contributed by atoms with Gasteiger partial charge in [0.1, 0.15) is 12.1 Å². The maximum absolute atomic E-state index is 15.1. The number of hydrogen-bond donors (Lipinski definition) is 4. The predicted molar refractivity (Wildman–Crippen MR) is 218 cm³/mol. The zero-order valence-corrected chi connectivity index (χ0v) is 34.8. The van der Waals surface area contributed by atoms with Gasteiger partial charge in [-0.15, -0.1) is 6.58 Å². The molecule has 2 fully saturated rings. The highest BCUT2D eigenvalue weighted by Gasteiger charge is 2.47. The van der Waals surface area contributed by atoms with Crippen molar-refractivity contribution >= 4 is 35.4 Å². The molecule has 12 heteroatoms. The number of piperidine rings is 1. The SMILES string of the molecule is C=CCNC(=O)C(=O)C(CCCCCC)NC(=O)[C@@H]1C(=C(C)C)[C@@H](C)CN1C(=O)[C@@H](NC(=O)N[C@H](CN1CCCCC1=O)C(C)(C)C)C1Cc2ccccc2C1. The fourth-order valence-corrected chi connectivity index (χ4v) is 8.45. The van der Waals surface area contributed by atoms with Crippen molar-refractivity contribution in [2.24, 2.45) is 17.3 Å². The summed E-state index contributed by atoms with van der Waals surface area (Å²) in [4.78, 5) is 86.0. The van der Waals surface area contributed by atoms with Gasteiger partial charge in [0.05, 0.1) is 12.1 Å². The fourth-order valence-electron chi connectivity index (χ4n) is 8.45. The summed E-state index contributed by atoms with van der Waals surface area (Å²) in [7, 11) is 0. The van der Waals surface area contributed by atoms with Gasteiger partial charge in [-0.3, -0.25) is 24.0 Å². The lowest BCUT2D eigenvalue weighted by Gasteiger charge is -2.38. The minimum atomic E-state index is -1.07. The Morgan fingerprint density at radius 2 is 1.64 bits per heavy atom. The number of urea groups is 1. The first-order valence-electron chi connectivity index (χ1n) is 20.7. The minimum absolute atomic E-state index is 0.0781. The van der Waals surface area contributed by atoms with Crippen LogP contribution in [0.3, 0.4) is 0 Å². The molecule has 2 aliphatic heterocycles. The van der Waals surface area contributed by atoms with Gasteiger partial charge in [-0.25, -0.2) is 4.79 Å². The van der Waals surface area contributed by atoms with Gasteiger partial charge < -0.3 is 31.1 Å². The third kappa shape index (κ3) is 11.3. The number of Topliss-reactive ketones (excluding diaryl/α,β-unsaturated/α-hetero) is 1. The second kappa shape index (κ2) is 20.1. The first kappa shape index (κ1) is 44.2. The van der Waals surface area contributed by atoms with Crippen molar-refractivity contribution in [3.63, 3.8) is 0 Å². The highest BCUT2D eigenvalue weighted by Crippen LogP contribution is 2.35. The Hall–Kier alpha value is -4.48. The van der Waals surface area contributed by atoms with Crippen molar-refractivity contribution in [3.8, 4) is 0 Å². The Balaban J connectivity index is 1.64. The number of hydrogen-bond acceptors (Lipinski definition) is 6. The van der Waals surface area contributed by atoms with Crippen LogP contribution in [0.4, 0.5) is 4.79 Å². The molecule has 4 N–H and O–H groups in total. The Bertz CT molecular complexity index is 1620. The molecule has 1 unspecified atom stereocenters. The number of unbranched alkanes of at least 4 members (excludes halogenated alkanes) is 3. The largest absolute Gasteiger partial charge is 0.346 e. The highest BCUT2D eigenvalue weighted by molar-refractivity contribution is 6.38. The van der Waals surface area contributed by atoms with Gasteiger partial charge in [0.15, 0.2) is 0 Å². The molecule has 2 saturated heterocycles. The lowest BCUT2D eigenvalue weighted by molar-refractivity contribution is -0.142. The first-order valence-corrected chi connectivity index (χ1v) is 20.7. The average Bonchev–Trinajstić information content (AvgIpc) is 3.75. The Kier molecular flexibility index (Phi) is 15.9. The van der Waals surface area contributed by atoms with Gasteiger partial charge in [0.2, 0.25) is 23.5 Å². The summed E-state index contributed by atoms with van der Waals surface area (Å²) in [5.41, 5.74) is 3.50. The standard InChI is InChI=1S/C44H66N6O6/c1-9-11-12-13-20-33(39(52)41(54)45-22-10-2)46-40(53)38-36(28(3)4)29(5)26-50(38)42(55)37(32-24-30-18-14-15-19-31(30)25-32)48-43(56)47-34(44(6,7)8)27-49-23-17-16-21-35(49)51/h10,14-15,18-19,29,32-34,37-38H,2,9,11-13,16-17,20-27H2,1,3-8H3,(H,45,54)(H,46,53)(H2,47,48,56)/t29-,33?,34+,37-,38-/m0/s1. The van der Waals surface area contributed by atoms with Crippen LogP contribution in [0.2, 0.25) is 0 Å². The number of likely N-dealkylation sites (tertiary alicyclic amines) is 2. The zero-order chi connectivity index (χ0) is 41.2. The molecule has 1 aromatic carbocycles. The highest BCUT2D eigenvalue weighted by atomic mass is 16.2. The number of nitrogens with one attached hydrogen (secondary N) is 4. The molecule has 1 aliphatic carbocycles. The van der Waals surface area contributed by atoms with Crippen molar-refractivity contribution < 1.29 is 28.8 Å². The Morgan fingerprint density at radius 3 is 2.23 bits per heavy atom. The molecule has 0 radical (unpaired) electrons. The van der Waals surface area contributed by atoms with Crippen molar-refractivity contribution in [1.29, 1.82) is 0 Å². The van der Waals surface area contributed by atoms with Gasteiger partial charge in [0.25, 0.3) is 5.91 Å². The van der Waals surface area contributed by atoms with Crippen LogP contribution in [0.1, 0.15) is 111 Å². The molecule has 0 spiro atoms. The van der Waals surface area contributed by atoms with Crippen molar-refractivity contribution in [3.05, 3.63) is 59.2 Å². The maximum Gasteiger partial charge on any atom is 0.315 e. The lowest BCUT2D eigenvalue weighted by Crippen LogP contribution is -2.61. The number of fused-ring (bicyclic) bond motifs is 1. The number of ketones is 1. The van der Waals surface area contributed by atoms with Crippen LogP contribution in [-0.2, 0) is 36.8 Å². The van der Waals surface area contributed by atoms with E-state index < -0.39 is 47.2 Å². The molecular formula is C44H66N6O6. The van der Waals surface area contributed by atoms with E-state index in [1.165, 1.54) is 6.08 Å². The predicted octanol–water partition coefficient (Wildman–Crippen LogP) is 5.01. The smallest absolute Gasteiger partial charge is 0.315 e. The molecule has 5 atom stereocenters. The van der Waals surface area contributed by atoms with Crippen LogP contribution in [-0.4, -0.2) is 95.6 Å². The van der Waals surface area contributed by atoms with Gasteiger partial charge in [-0.2, -0.15) is 0 Å². The molecule has 0 bridgehead atoms. The molecule has 2 heterocycles. The Morgan fingerprint density at radius 1 is 0.964 bits per heavy atom. The van der Waals surface area contributed by atoms with E-state index in [0.29, 0.717) is 38.8 Å². The van der Waals surface area contributed by atoms with Crippen LogP contribution < -0.4 is 21.3 Å². The van der Waals surface area contributed by atoms with Crippen LogP contribution in [0.15, 0.2) is 48.1 Å². The number of nitrogens with zero attached hydrogens (tertiary/aromatic N) is 2. The normalized spacial score (nSPS) is 20.1. The minimum Gasteiger partial charge on any atom is -0.346 e. The van der Waals surface area contributed by atoms with Crippen molar-refractivity contribution in [2.75, 3.05) is 26.2 Å². The molecule has 12 nitrogen and oxygen atoms in total. The van der Waals surface area contributed by atoms with Gasteiger partial charge in [-0.05, 0) is 79.9 Å². The molecular weight excluding hydrogens is 709 g/mol. The number of carbonyl (C=O) groups excluding carboxylic acids is 6. The third-order valence-electron chi connectivity index (χ3n) is 11.6. The summed E-state index contributed by atoms with van der Waals surface area (Å²) in [5, 5.41) is 11.6. The van der Waals surface area contributed by atoms with Crippen LogP contribution in [0, 0.1) is 17.3 Å². The summed E-state index contributed by atoms with van der Waals surface area (Å²) in [5.74, 6) is -2.81. The van der Waals surface area contributed by atoms with Crippen LogP contribution >= 0.6 is 0 Å². The van der Waals surface area contributed by atoms with E-state index >= 15 is 4.79 Å². The van der Waals surface area contributed by atoms with Crippen molar-refractivity contribution in [2.45, 2.75) is 137 Å². The summed E-state index contributed by atoms with van der Waals surface area (Å²) in [6.45, 7) is 18.9. The van der Waals surface area contributed by atoms with Gasteiger partial charge in [0, 0.05) is 32.6 Å². The summed E-state index contributed by atoms with van der Waals surface area (Å²) < 4.78 is 0. The quantitative estimate of drug-likeness (QED) is 0.0992. The summed E-state index contributed by atoms with van der Waals surface area (Å²) in [6, 6.07) is 4.04. The summed E-state index contributed by atoms with van der Waals surface area (Å²) >= 11 is 0. The van der Waals surface area contributed by atoms with Crippen LogP contribution in [0.25, 0.3) is 0 Å². The monoisotopic (exact) mass is 775 g/mol. The maximum atomic E-state index is 15.1. The first-order chi connectivity index (χ1) is 26.6. The third-order valence-corrected chi connectivity index (χ3v) is 11.6. The number of rotatable bonds is 17. The Labute approximate surface area is 334 Å². The topological polar surface area (TPSA) is 157 Å². The average molecular weight is 775 g/mol. The second-order valence-corrected chi connectivity index (χ2v) is 17.3. The number of amides is 6. The van der Waals surface area contributed by atoms with E-state index in [-0.39, 0.29) is 49.2 Å². The zero-order valence-electron chi connectivity index (χ0n) is 34.8. The van der Waals surface area contributed by atoms with Gasteiger partial charge in [-0.1, -0.05) is 96.2 Å². The number of carbonyl (C=O) groups is 6. The van der Waals surface area contributed by atoms with E-state index in [1.54, 1.807) is 4.90 Å². The van der Waals surface area contributed by atoms with E-state index in [0.717, 1.165) is 54.4 Å². The molecule has 1 aromatic rings. The van der Waals surface area contributed by atoms with E-state index in [4.69, 9.17) is 0 Å². The molecule has 3 aliphatic rings. The van der Waals surface area contributed by atoms with E-state index in [9.17, 15) is 24.0 Å². The number of allylic oxidation sites excluding steroid dienone is 1. The molecule has 4 rings (SSSR count). The summed E-state index contributed by atoms with van der Waals surface area (Å²) in [6.07, 6.45) is 8.62. The number of benzene rings is 1. The molecule has 6 amide bonds. The van der Waals surface area contributed by atoms with Gasteiger partial charge >= 0.3 is 6.03 Å². The van der Waals surface area contributed by atoms with E-state index in [2.05, 4.69) is 34.8 Å². The molecule has 56 heavy (non-hydrogen) atoms. The molecule has 0 aromatic heterocycles. The van der Waals surface area contributed by atoms with Crippen LogP contribution in [0.5, 0.6) is 0 Å². The van der Waals surface area contributed by atoms with Crippen molar-refractivity contribution in [1.82, 2.24) is 31.1 Å². The molecule has 308 valence electrons.